The number of rotatable bonds is 6. The van der Waals surface area contributed by atoms with Crippen molar-refractivity contribution in [2.24, 2.45) is 0 Å². The highest BCUT2D eigenvalue weighted by Gasteiger charge is 1.92. The Kier molecular flexibility index (Phi) is 9.38. The van der Waals surface area contributed by atoms with Gasteiger partial charge in [-0.2, -0.15) is 0 Å². The lowest BCUT2D eigenvalue weighted by Crippen LogP contribution is -2.16. The summed E-state index contributed by atoms with van der Waals surface area (Å²) in [5, 5.41) is 3.43. The van der Waals surface area contributed by atoms with Gasteiger partial charge < -0.3 is 9.88 Å². The van der Waals surface area contributed by atoms with E-state index in [4.69, 9.17) is 0 Å². The monoisotopic (exact) mass is 287 g/mol. The van der Waals surface area contributed by atoms with E-state index in [1.54, 1.807) is 0 Å². The van der Waals surface area contributed by atoms with E-state index >= 15 is 0 Å². The minimum Gasteiger partial charge on any atom is -0.337 e. The summed E-state index contributed by atoms with van der Waals surface area (Å²) in [7, 11) is 0. The first kappa shape index (κ1) is 17.0. The Morgan fingerprint density at radius 3 is 2.56 bits per heavy atom. The summed E-state index contributed by atoms with van der Waals surface area (Å²) in [6.07, 6.45) is 6.80. The largest absolute Gasteiger partial charge is 0.337 e. The van der Waals surface area contributed by atoms with Gasteiger partial charge in [-0.25, -0.2) is 4.98 Å². The van der Waals surface area contributed by atoms with Crippen LogP contribution in [0.25, 0.3) is 0 Å². The average molecular weight is 288 g/mol. The molecule has 0 aliphatic rings. The van der Waals surface area contributed by atoms with Crippen molar-refractivity contribution in [2.45, 2.75) is 19.5 Å². The van der Waals surface area contributed by atoms with Crippen LogP contribution in [0.3, 0.4) is 0 Å². The first-order valence-corrected chi connectivity index (χ1v) is 5.65. The Balaban J connectivity index is 0.00000144. The molecule has 1 N–H and O–H groups in total. The maximum absolute atomic E-state index is 4.01. The third-order valence-corrected chi connectivity index (χ3v) is 2.50. The van der Waals surface area contributed by atoms with Crippen molar-refractivity contribution in [1.82, 2.24) is 14.9 Å². The van der Waals surface area contributed by atoms with Crippen molar-refractivity contribution in [1.29, 1.82) is 0 Å². The summed E-state index contributed by atoms with van der Waals surface area (Å²) in [6, 6.07) is 10.5. The van der Waals surface area contributed by atoms with E-state index in [1.807, 2.05) is 24.8 Å². The molecular weight excluding hydrogens is 269 g/mol. The highest BCUT2D eigenvalue weighted by atomic mass is 35.5. The molecule has 0 saturated carbocycles. The number of aryl methyl sites for hydroxylation is 1. The van der Waals surface area contributed by atoms with Crippen LogP contribution in [0.1, 0.15) is 12.0 Å². The van der Waals surface area contributed by atoms with Crippen molar-refractivity contribution in [3.05, 3.63) is 54.6 Å². The lowest BCUT2D eigenvalue weighted by Gasteiger charge is -2.05. The Labute approximate surface area is 120 Å². The Morgan fingerprint density at radius 1 is 1.11 bits per heavy atom. The van der Waals surface area contributed by atoms with Crippen molar-refractivity contribution in [3.63, 3.8) is 0 Å². The predicted octanol–water partition coefficient (Wildman–Crippen LogP) is 2.91. The third-order valence-electron chi connectivity index (χ3n) is 2.50. The van der Waals surface area contributed by atoms with Gasteiger partial charge in [0.25, 0.3) is 0 Å². The Hall–Kier alpha value is -1.03. The van der Waals surface area contributed by atoms with E-state index in [9.17, 15) is 0 Å². The maximum Gasteiger partial charge on any atom is 0.0945 e. The van der Waals surface area contributed by atoms with Crippen LogP contribution >= 0.6 is 24.8 Å². The van der Waals surface area contributed by atoms with Crippen LogP contribution in [0.2, 0.25) is 0 Å². The molecular formula is C13H19Cl2N3. The van der Waals surface area contributed by atoms with E-state index < -0.39 is 0 Å². The standard InChI is InChI=1S/C13H17N3.2ClH/c1-2-5-13(6-3-1)11-14-7-4-9-16-10-8-15-12-16;;/h1-3,5-6,8,10,12,14H,4,7,9,11H2;2*1H. The van der Waals surface area contributed by atoms with Crippen molar-refractivity contribution >= 4 is 24.8 Å². The molecule has 0 radical (unpaired) electrons. The van der Waals surface area contributed by atoms with Crippen LogP contribution in [0, 0.1) is 0 Å². The molecule has 0 amide bonds. The van der Waals surface area contributed by atoms with E-state index in [-0.39, 0.29) is 24.8 Å². The fourth-order valence-corrected chi connectivity index (χ4v) is 1.63. The predicted molar refractivity (Wildman–Crippen MR) is 79.5 cm³/mol. The molecule has 2 rings (SSSR count). The van der Waals surface area contributed by atoms with Gasteiger partial charge >= 0.3 is 0 Å². The number of benzene rings is 1. The van der Waals surface area contributed by atoms with E-state index in [0.717, 1.165) is 26.1 Å². The molecule has 0 saturated heterocycles. The molecule has 2 aromatic rings. The normalized spacial score (nSPS) is 9.33. The minimum atomic E-state index is 0. The quantitative estimate of drug-likeness (QED) is 0.828. The van der Waals surface area contributed by atoms with Gasteiger partial charge in [0.1, 0.15) is 0 Å². The summed E-state index contributed by atoms with van der Waals surface area (Å²) >= 11 is 0. The number of nitrogens with zero attached hydrogens (tertiary/aromatic N) is 2. The smallest absolute Gasteiger partial charge is 0.0945 e. The highest BCUT2D eigenvalue weighted by Crippen LogP contribution is 1.97. The molecule has 0 aliphatic carbocycles. The second-order valence-corrected chi connectivity index (χ2v) is 3.82. The van der Waals surface area contributed by atoms with Gasteiger partial charge in [-0.3, -0.25) is 0 Å². The molecule has 5 heteroatoms. The fraction of sp³-hybridized carbons (Fsp3) is 0.308. The summed E-state index contributed by atoms with van der Waals surface area (Å²) in [6.45, 7) is 3.01. The van der Waals surface area contributed by atoms with E-state index in [2.05, 4.69) is 39.1 Å². The summed E-state index contributed by atoms with van der Waals surface area (Å²) < 4.78 is 2.10. The summed E-state index contributed by atoms with van der Waals surface area (Å²) in [5.41, 5.74) is 1.34. The molecule has 0 unspecified atom stereocenters. The topological polar surface area (TPSA) is 29.9 Å². The van der Waals surface area contributed by atoms with Gasteiger partial charge in [0.05, 0.1) is 6.33 Å². The molecule has 100 valence electrons. The fourth-order valence-electron chi connectivity index (χ4n) is 1.63. The number of aromatic nitrogens is 2. The maximum atomic E-state index is 4.01. The zero-order valence-corrected chi connectivity index (χ0v) is 11.8. The van der Waals surface area contributed by atoms with Crippen molar-refractivity contribution in [2.75, 3.05) is 6.54 Å². The number of nitrogens with one attached hydrogen (secondary N) is 1. The van der Waals surface area contributed by atoms with E-state index in [1.165, 1.54) is 5.56 Å². The number of halogens is 2. The molecule has 18 heavy (non-hydrogen) atoms. The first-order chi connectivity index (χ1) is 7.95. The van der Waals surface area contributed by atoms with Gasteiger partial charge in [-0.1, -0.05) is 30.3 Å². The van der Waals surface area contributed by atoms with Crippen LogP contribution in [0.5, 0.6) is 0 Å². The van der Waals surface area contributed by atoms with Crippen LogP contribution in [-0.2, 0) is 13.1 Å². The zero-order chi connectivity index (χ0) is 11.1. The van der Waals surface area contributed by atoms with Crippen LogP contribution < -0.4 is 5.32 Å². The number of hydrogen-bond acceptors (Lipinski definition) is 2. The second-order valence-electron chi connectivity index (χ2n) is 3.82. The lowest BCUT2D eigenvalue weighted by atomic mass is 10.2. The van der Waals surface area contributed by atoms with Gasteiger partial charge in [0.15, 0.2) is 0 Å². The second kappa shape index (κ2) is 9.95. The van der Waals surface area contributed by atoms with E-state index in [0.29, 0.717) is 0 Å². The third kappa shape index (κ3) is 6.05. The first-order valence-electron chi connectivity index (χ1n) is 5.65. The number of hydrogen-bond donors (Lipinski definition) is 1. The summed E-state index contributed by atoms with van der Waals surface area (Å²) in [5.74, 6) is 0. The average Bonchev–Trinajstić information content (AvgIpc) is 2.83. The molecule has 0 aliphatic heterocycles. The molecule has 3 nitrogen and oxygen atoms in total. The highest BCUT2D eigenvalue weighted by molar-refractivity contribution is 5.85. The molecule has 0 spiro atoms. The lowest BCUT2D eigenvalue weighted by molar-refractivity contribution is 0.581. The van der Waals surface area contributed by atoms with Crippen LogP contribution in [0.15, 0.2) is 49.1 Å². The SMILES string of the molecule is Cl.Cl.c1ccc(CNCCCn2ccnc2)cc1. The number of imidazole rings is 1. The zero-order valence-electron chi connectivity index (χ0n) is 10.2. The van der Waals surface area contributed by atoms with Crippen LogP contribution in [0.4, 0.5) is 0 Å². The van der Waals surface area contributed by atoms with Crippen LogP contribution in [-0.4, -0.2) is 16.1 Å². The molecule has 1 aromatic heterocycles. The Morgan fingerprint density at radius 2 is 1.89 bits per heavy atom. The molecule has 0 bridgehead atoms. The van der Waals surface area contributed by atoms with Gasteiger partial charge in [0.2, 0.25) is 0 Å². The van der Waals surface area contributed by atoms with Crippen molar-refractivity contribution < 1.29 is 0 Å². The van der Waals surface area contributed by atoms with Gasteiger partial charge in [-0.05, 0) is 18.5 Å². The van der Waals surface area contributed by atoms with Gasteiger partial charge in [-0.15, -0.1) is 24.8 Å². The Bertz CT molecular complexity index is 390. The molecule has 0 atom stereocenters. The molecule has 1 heterocycles. The molecule has 1 aromatic carbocycles. The summed E-state index contributed by atoms with van der Waals surface area (Å²) in [4.78, 5) is 4.01. The van der Waals surface area contributed by atoms with Crippen molar-refractivity contribution in [3.8, 4) is 0 Å². The minimum absolute atomic E-state index is 0. The van der Waals surface area contributed by atoms with Gasteiger partial charge in [0, 0.05) is 25.5 Å². The molecule has 0 fully saturated rings.